The molecule has 0 unspecified atom stereocenters. The van der Waals surface area contributed by atoms with Crippen LogP contribution in [-0.2, 0) is 9.47 Å². The number of piperidine rings is 1. The molecule has 1 aliphatic heterocycles. The van der Waals surface area contributed by atoms with Crippen molar-refractivity contribution < 1.29 is 19.1 Å². The van der Waals surface area contributed by atoms with Gasteiger partial charge in [-0.2, -0.15) is 0 Å². The van der Waals surface area contributed by atoms with Gasteiger partial charge in [0, 0.05) is 46.6 Å². The maximum atomic E-state index is 12.0. The van der Waals surface area contributed by atoms with Crippen LogP contribution in [0.3, 0.4) is 0 Å². The lowest BCUT2D eigenvalue weighted by Gasteiger charge is -2.39. The highest BCUT2D eigenvalue weighted by atomic mass is 35.5. The van der Waals surface area contributed by atoms with Gasteiger partial charge in [-0.25, -0.2) is 9.59 Å². The molecule has 2 fully saturated rings. The third-order valence-corrected chi connectivity index (χ3v) is 9.38. The number of methoxy groups -OCH3 is 2. The molecule has 7 nitrogen and oxygen atoms in total. The fourth-order valence-corrected chi connectivity index (χ4v) is 6.94. The van der Waals surface area contributed by atoms with Crippen molar-refractivity contribution in [2.24, 2.45) is 0 Å². The van der Waals surface area contributed by atoms with Crippen LogP contribution in [0.15, 0.2) is 24.3 Å². The van der Waals surface area contributed by atoms with Crippen molar-refractivity contribution in [2.45, 2.75) is 84.7 Å². The first kappa shape index (κ1) is 35.0. The van der Waals surface area contributed by atoms with Gasteiger partial charge in [-0.3, -0.25) is 0 Å². The van der Waals surface area contributed by atoms with E-state index in [9.17, 15) is 9.59 Å². The number of rotatable bonds is 8. The lowest BCUT2D eigenvalue weighted by atomic mass is 9.93. The Balaban J connectivity index is 0.000000236. The molecule has 0 amide bonds. The van der Waals surface area contributed by atoms with E-state index in [1.807, 2.05) is 26.0 Å². The van der Waals surface area contributed by atoms with Crippen molar-refractivity contribution in [2.75, 3.05) is 57.2 Å². The topological polar surface area (TPSA) is 62.3 Å². The molecule has 4 rings (SSSR count). The zero-order chi connectivity index (χ0) is 31.7. The van der Waals surface area contributed by atoms with E-state index >= 15 is 0 Å². The number of halogens is 2. The Morgan fingerprint density at radius 2 is 1.14 bits per heavy atom. The summed E-state index contributed by atoms with van der Waals surface area (Å²) in [6.45, 7) is 12.3. The van der Waals surface area contributed by atoms with E-state index in [2.05, 4.69) is 35.6 Å². The summed E-state index contributed by atoms with van der Waals surface area (Å²) in [5, 5.41) is 1.16. The van der Waals surface area contributed by atoms with Gasteiger partial charge in [0.1, 0.15) is 0 Å². The number of nitrogens with zero attached hydrogens (tertiary/aromatic N) is 3. The summed E-state index contributed by atoms with van der Waals surface area (Å²) in [4.78, 5) is 31.0. The molecule has 1 aliphatic carbocycles. The molecule has 9 heteroatoms. The molecule has 0 N–H and O–H groups in total. The highest BCUT2D eigenvalue weighted by Gasteiger charge is 2.26. The quantitative estimate of drug-likeness (QED) is 0.273. The van der Waals surface area contributed by atoms with E-state index in [0.29, 0.717) is 33.3 Å². The smallest absolute Gasteiger partial charge is 0.338 e. The number of ether oxygens (including phenoxy) is 2. The molecule has 0 atom stereocenters. The Morgan fingerprint density at radius 1 is 0.744 bits per heavy atom. The monoisotopic (exact) mass is 633 g/mol. The standard InChI is InChI=1S/C17H25ClN2O2.C17H24ClNO2/c1-5-20(14-6-8-19(3)9-7-14)16-11-13(18)10-15(12(16)2)17(21)22-4;1-4-19(14-8-6-5-7-9-14)16-11-13(18)10-15(12(16)2)17(20)21-3/h10-11,14H,5-9H2,1-4H3;10-11,14H,4-9H2,1-3H3. The lowest BCUT2D eigenvalue weighted by molar-refractivity contribution is 0.0591. The van der Waals surface area contributed by atoms with E-state index < -0.39 is 0 Å². The Labute approximate surface area is 268 Å². The fraction of sp³-hybridized carbons (Fsp3) is 0.588. The third kappa shape index (κ3) is 8.80. The fourth-order valence-electron chi connectivity index (χ4n) is 6.52. The molecule has 2 aliphatic rings. The highest BCUT2D eigenvalue weighted by Crippen LogP contribution is 2.34. The number of carbonyl (C=O) groups excluding carboxylic acids is 2. The van der Waals surface area contributed by atoms with Gasteiger partial charge in [0.2, 0.25) is 0 Å². The summed E-state index contributed by atoms with van der Waals surface area (Å²) < 4.78 is 9.75. The van der Waals surface area contributed by atoms with E-state index in [-0.39, 0.29) is 11.9 Å². The molecule has 1 saturated carbocycles. The minimum atomic E-state index is -0.333. The van der Waals surface area contributed by atoms with Crippen LogP contribution in [0.25, 0.3) is 0 Å². The summed E-state index contributed by atoms with van der Waals surface area (Å²) in [7, 11) is 4.96. The van der Waals surface area contributed by atoms with Crippen molar-refractivity contribution >= 4 is 46.5 Å². The van der Waals surface area contributed by atoms with Crippen LogP contribution < -0.4 is 9.80 Å². The predicted molar refractivity (Wildman–Crippen MR) is 178 cm³/mol. The van der Waals surface area contributed by atoms with Crippen LogP contribution in [0.5, 0.6) is 0 Å². The maximum Gasteiger partial charge on any atom is 0.338 e. The van der Waals surface area contributed by atoms with Crippen LogP contribution in [-0.4, -0.2) is 76.4 Å². The van der Waals surface area contributed by atoms with Crippen molar-refractivity contribution in [3.05, 3.63) is 56.6 Å². The first-order valence-electron chi connectivity index (χ1n) is 15.5. The normalized spacial score (nSPS) is 16.2. The lowest BCUT2D eigenvalue weighted by Crippen LogP contribution is -2.44. The van der Waals surface area contributed by atoms with Crippen molar-refractivity contribution in [1.29, 1.82) is 0 Å². The molecular weight excluding hydrogens is 585 g/mol. The summed E-state index contributed by atoms with van der Waals surface area (Å²) in [5.74, 6) is -0.656. The Morgan fingerprint density at radius 3 is 1.51 bits per heavy atom. The second kappa shape index (κ2) is 16.6. The van der Waals surface area contributed by atoms with Gasteiger partial charge in [-0.15, -0.1) is 0 Å². The van der Waals surface area contributed by atoms with Gasteiger partial charge >= 0.3 is 11.9 Å². The zero-order valence-corrected chi connectivity index (χ0v) is 28.5. The molecule has 2 aromatic rings. The van der Waals surface area contributed by atoms with Gasteiger partial charge in [0.15, 0.2) is 0 Å². The molecule has 0 bridgehead atoms. The predicted octanol–water partition coefficient (Wildman–Crippen LogP) is 7.95. The van der Waals surface area contributed by atoms with Gasteiger partial charge < -0.3 is 24.2 Å². The zero-order valence-electron chi connectivity index (χ0n) is 27.0. The highest BCUT2D eigenvalue weighted by molar-refractivity contribution is 6.31. The number of benzene rings is 2. The number of esters is 2. The van der Waals surface area contributed by atoms with Crippen LogP contribution in [0.1, 0.15) is 90.6 Å². The second-order valence-corrected chi connectivity index (χ2v) is 12.4. The first-order chi connectivity index (χ1) is 20.6. The van der Waals surface area contributed by atoms with Crippen molar-refractivity contribution in [3.8, 4) is 0 Å². The van der Waals surface area contributed by atoms with E-state index in [4.69, 9.17) is 32.7 Å². The molecule has 1 saturated heterocycles. The molecule has 0 radical (unpaired) electrons. The first-order valence-corrected chi connectivity index (χ1v) is 16.3. The summed E-state index contributed by atoms with van der Waals surface area (Å²) in [5.41, 5.74) is 5.13. The van der Waals surface area contributed by atoms with Gasteiger partial charge in [0.25, 0.3) is 0 Å². The van der Waals surface area contributed by atoms with E-state index in [1.54, 1.807) is 12.1 Å². The molecule has 43 heavy (non-hydrogen) atoms. The summed E-state index contributed by atoms with van der Waals surface area (Å²) in [6, 6.07) is 8.36. The summed E-state index contributed by atoms with van der Waals surface area (Å²) >= 11 is 12.5. The van der Waals surface area contributed by atoms with E-state index in [0.717, 1.165) is 61.5 Å². The molecule has 238 valence electrons. The van der Waals surface area contributed by atoms with E-state index in [1.165, 1.54) is 46.3 Å². The van der Waals surface area contributed by atoms with Crippen LogP contribution >= 0.6 is 23.2 Å². The SMILES string of the molecule is CCN(c1cc(Cl)cc(C(=O)OC)c1C)C1CCCCC1.CCN(c1cc(Cl)cc(C(=O)OC)c1C)C1CCN(C)CC1. The number of hydrogen-bond donors (Lipinski definition) is 0. The van der Waals surface area contributed by atoms with Crippen LogP contribution in [0.4, 0.5) is 11.4 Å². The van der Waals surface area contributed by atoms with Crippen LogP contribution in [0.2, 0.25) is 10.0 Å². The second-order valence-electron chi connectivity index (χ2n) is 11.6. The maximum absolute atomic E-state index is 12.0. The molecule has 0 spiro atoms. The number of hydrogen-bond acceptors (Lipinski definition) is 7. The number of carbonyl (C=O) groups is 2. The Kier molecular flexibility index (Phi) is 13.5. The minimum absolute atomic E-state index is 0.323. The van der Waals surface area contributed by atoms with Crippen molar-refractivity contribution in [1.82, 2.24) is 4.90 Å². The molecule has 2 aromatic carbocycles. The average Bonchev–Trinajstić information content (AvgIpc) is 3.01. The molecular formula is C34H49Cl2N3O4. The molecule has 0 aromatic heterocycles. The summed E-state index contributed by atoms with van der Waals surface area (Å²) in [6.07, 6.45) is 8.58. The largest absolute Gasteiger partial charge is 0.465 e. The van der Waals surface area contributed by atoms with Crippen molar-refractivity contribution in [3.63, 3.8) is 0 Å². The third-order valence-electron chi connectivity index (χ3n) is 8.95. The number of likely N-dealkylation sites (tertiary alicyclic amines) is 1. The van der Waals surface area contributed by atoms with Gasteiger partial charge in [-0.05, 0) is 109 Å². The number of anilines is 2. The average molecular weight is 635 g/mol. The van der Waals surface area contributed by atoms with Crippen LogP contribution in [0, 0.1) is 13.8 Å². The van der Waals surface area contributed by atoms with Gasteiger partial charge in [0.05, 0.1) is 25.3 Å². The Bertz CT molecular complexity index is 1240. The van der Waals surface area contributed by atoms with Gasteiger partial charge in [-0.1, -0.05) is 42.5 Å². The molecule has 1 heterocycles. The minimum Gasteiger partial charge on any atom is -0.465 e. The Hall–Kier alpha value is -2.48.